The molecule has 1 aliphatic carbocycles. The predicted molar refractivity (Wildman–Crippen MR) is 74.2 cm³/mol. The smallest absolute Gasteiger partial charge is 1.00 e. The van der Waals surface area contributed by atoms with Crippen LogP contribution in [0.3, 0.4) is 0 Å². The number of ether oxygens (including phenoxy) is 2. The van der Waals surface area contributed by atoms with Gasteiger partial charge in [0, 0.05) is 23.0 Å². The molecule has 0 bridgehead atoms. The van der Waals surface area contributed by atoms with Crippen LogP contribution in [0.2, 0.25) is 0 Å². The van der Waals surface area contributed by atoms with E-state index in [1.54, 1.807) is 23.9 Å². The van der Waals surface area contributed by atoms with Crippen molar-refractivity contribution in [3.05, 3.63) is 29.8 Å². The van der Waals surface area contributed by atoms with Gasteiger partial charge in [0.15, 0.2) is 5.79 Å². The SMILES string of the molecule is FC(F)(F)c1ccc(SC2CCC3(CC2)OCCO3)cc1.[Cs+].[F-]. The number of hydrogen-bond donors (Lipinski definition) is 0. The molecule has 0 atom stereocenters. The van der Waals surface area contributed by atoms with Gasteiger partial charge in [-0.2, -0.15) is 13.2 Å². The quantitative estimate of drug-likeness (QED) is 0.491. The van der Waals surface area contributed by atoms with Gasteiger partial charge in [0.2, 0.25) is 0 Å². The van der Waals surface area contributed by atoms with Crippen LogP contribution in [0, 0.1) is 0 Å². The number of hydrogen-bond acceptors (Lipinski definition) is 3. The average Bonchev–Trinajstić information content (AvgIpc) is 2.90. The van der Waals surface area contributed by atoms with Crippen LogP contribution in [-0.2, 0) is 15.7 Å². The number of benzene rings is 1. The molecule has 23 heavy (non-hydrogen) atoms. The summed E-state index contributed by atoms with van der Waals surface area (Å²) in [5.74, 6) is -0.378. The van der Waals surface area contributed by atoms with Crippen molar-refractivity contribution >= 4 is 11.8 Å². The van der Waals surface area contributed by atoms with Crippen LogP contribution in [0.25, 0.3) is 0 Å². The van der Waals surface area contributed by atoms with E-state index in [1.807, 2.05) is 0 Å². The van der Waals surface area contributed by atoms with Crippen molar-refractivity contribution in [1.29, 1.82) is 0 Å². The Balaban J connectivity index is 0.00000132. The van der Waals surface area contributed by atoms with E-state index in [0.29, 0.717) is 18.5 Å². The fourth-order valence-electron chi connectivity index (χ4n) is 2.85. The van der Waals surface area contributed by atoms with Crippen LogP contribution in [-0.4, -0.2) is 24.3 Å². The zero-order valence-corrected chi connectivity index (χ0v) is 20.0. The summed E-state index contributed by atoms with van der Waals surface area (Å²) < 4.78 is 48.9. The zero-order valence-electron chi connectivity index (χ0n) is 12.9. The summed E-state index contributed by atoms with van der Waals surface area (Å²) in [6.45, 7) is 1.33. The first-order chi connectivity index (χ1) is 9.97. The molecule has 0 amide bonds. The summed E-state index contributed by atoms with van der Waals surface area (Å²) >= 11 is 1.65. The van der Waals surface area contributed by atoms with Crippen LogP contribution in [0.1, 0.15) is 31.2 Å². The molecule has 1 aliphatic heterocycles. The third-order valence-corrected chi connectivity index (χ3v) is 5.34. The van der Waals surface area contributed by atoms with Gasteiger partial charge < -0.3 is 14.2 Å². The molecule has 1 saturated carbocycles. The number of rotatable bonds is 2. The average molecular weight is 470 g/mol. The van der Waals surface area contributed by atoms with E-state index in [-0.39, 0.29) is 79.4 Å². The van der Waals surface area contributed by atoms with Crippen LogP contribution in [0.15, 0.2) is 29.2 Å². The first-order valence-electron chi connectivity index (χ1n) is 7.09. The Bertz CT molecular complexity index is 479. The first kappa shape index (κ1) is 22.3. The normalized spacial score (nSPS) is 20.8. The van der Waals surface area contributed by atoms with Crippen molar-refractivity contribution < 1.29 is 96.2 Å². The van der Waals surface area contributed by atoms with Gasteiger partial charge in [-0.25, -0.2) is 0 Å². The minimum Gasteiger partial charge on any atom is -1.00 e. The van der Waals surface area contributed by atoms with Crippen LogP contribution in [0.5, 0.6) is 0 Å². The fourth-order valence-corrected chi connectivity index (χ4v) is 4.00. The molecular formula is C15H17CsF4O2S. The predicted octanol–water partition coefficient (Wildman–Crippen LogP) is -1.51. The van der Waals surface area contributed by atoms with E-state index in [0.717, 1.165) is 42.7 Å². The molecule has 3 rings (SSSR count). The Morgan fingerprint density at radius 1 is 1.00 bits per heavy atom. The van der Waals surface area contributed by atoms with Gasteiger partial charge in [-0.1, -0.05) is 0 Å². The van der Waals surface area contributed by atoms with Gasteiger partial charge in [0.05, 0.1) is 18.8 Å². The van der Waals surface area contributed by atoms with Crippen LogP contribution >= 0.6 is 11.8 Å². The largest absolute Gasteiger partial charge is 1.00 e. The van der Waals surface area contributed by atoms with Gasteiger partial charge in [0.1, 0.15) is 0 Å². The Morgan fingerprint density at radius 3 is 2.00 bits per heavy atom. The maximum Gasteiger partial charge on any atom is 1.00 e. The van der Waals surface area contributed by atoms with Gasteiger partial charge >= 0.3 is 75.1 Å². The Morgan fingerprint density at radius 2 is 1.52 bits per heavy atom. The van der Waals surface area contributed by atoms with Crippen molar-refractivity contribution in [2.24, 2.45) is 0 Å². The molecule has 124 valence electrons. The second-order valence-corrected chi connectivity index (χ2v) is 6.82. The summed E-state index contributed by atoms with van der Waals surface area (Å²) in [6.07, 6.45) is -0.606. The Kier molecular flexibility index (Phi) is 8.99. The standard InChI is InChI=1S/C15H17F3O2S.Cs.FH/c16-15(17,18)11-1-3-12(4-2-11)21-13-5-7-14(8-6-13)19-9-10-20-14;;/h1-4,13H,5-10H2;;1H/q;+1;/p-1. The van der Waals surface area contributed by atoms with Crippen molar-refractivity contribution in [3.63, 3.8) is 0 Å². The summed E-state index contributed by atoms with van der Waals surface area (Å²) in [6, 6.07) is 5.41. The Hall–Kier alpha value is 1.26. The molecule has 2 nitrogen and oxygen atoms in total. The third-order valence-electron chi connectivity index (χ3n) is 3.99. The van der Waals surface area contributed by atoms with Gasteiger partial charge in [0.25, 0.3) is 0 Å². The third kappa shape index (κ3) is 5.89. The van der Waals surface area contributed by atoms with Crippen molar-refractivity contribution in [2.45, 2.75) is 47.8 Å². The van der Waals surface area contributed by atoms with E-state index in [9.17, 15) is 13.2 Å². The van der Waals surface area contributed by atoms with Crippen molar-refractivity contribution in [1.82, 2.24) is 0 Å². The molecule has 1 aromatic rings. The minimum atomic E-state index is -4.27. The summed E-state index contributed by atoms with van der Waals surface area (Å²) in [7, 11) is 0. The van der Waals surface area contributed by atoms with Gasteiger partial charge in [-0.15, -0.1) is 11.8 Å². The molecule has 8 heteroatoms. The maximum absolute atomic E-state index is 12.5. The topological polar surface area (TPSA) is 18.5 Å². The molecular weight excluding hydrogens is 453 g/mol. The Labute approximate surface area is 196 Å². The monoisotopic (exact) mass is 470 g/mol. The summed E-state index contributed by atoms with van der Waals surface area (Å²) in [5, 5.41) is 0.417. The minimum absolute atomic E-state index is 0. The molecule has 0 N–H and O–H groups in total. The van der Waals surface area contributed by atoms with Gasteiger partial charge in [-0.05, 0) is 37.1 Å². The fraction of sp³-hybridized carbons (Fsp3) is 0.600. The number of halogens is 4. The van der Waals surface area contributed by atoms with E-state index in [4.69, 9.17) is 9.47 Å². The molecule has 1 heterocycles. The molecule has 0 aromatic heterocycles. The summed E-state index contributed by atoms with van der Waals surface area (Å²) in [5.41, 5.74) is -0.595. The number of alkyl halides is 3. The van der Waals surface area contributed by atoms with Crippen LogP contribution in [0.4, 0.5) is 13.2 Å². The van der Waals surface area contributed by atoms with Gasteiger partial charge in [-0.3, -0.25) is 0 Å². The molecule has 0 radical (unpaired) electrons. The van der Waals surface area contributed by atoms with E-state index in [1.165, 1.54) is 0 Å². The molecule has 2 aliphatic rings. The van der Waals surface area contributed by atoms with E-state index in [2.05, 4.69) is 0 Å². The first-order valence-corrected chi connectivity index (χ1v) is 7.97. The van der Waals surface area contributed by atoms with Crippen molar-refractivity contribution in [2.75, 3.05) is 13.2 Å². The zero-order chi connectivity index (χ0) is 14.9. The molecule has 1 saturated heterocycles. The second kappa shape index (κ2) is 9.27. The molecule has 1 spiro atoms. The van der Waals surface area contributed by atoms with E-state index >= 15 is 0 Å². The molecule has 0 unspecified atom stereocenters. The van der Waals surface area contributed by atoms with E-state index < -0.39 is 11.7 Å². The maximum atomic E-state index is 12.5. The second-order valence-electron chi connectivity index (χ2n) is 5.45. The number of thioether (sulfide) groups is 1. The molecule has 1 aromatic carbocycles. The summed E-state index contributed by atoms with van der Waals surface area (Å²) in [4.78, 5) is 0.886. The van der Waals surface area contributed by atoms with Crippen molar-refractivity contribution in [3.8, 4) is 0 Å². The van der Waals surface area contributed by atoms with Crippen LogP contribution < -0.4 is 73.6 Å². The molecule has 2 fully saturated rings.